The highest BCUT2D eigenvalue weighted by molar-refractivity contribution is 4.77. The van der Waals surface area contributed by atoms with Gasteiger partial charge >= 0.3 is 5.69 Å². The lowest BCUT2D eigenvalue weighted by atomic mass is 10.7. The van der Waals surface area contributed by atoms with Crippen LogP contribution in [0.15, 0.2) is 21.9 Å². The molecule has 0 aliphatic carbocycles. The normalized spacial score (nSPS) is 9.00. The van der Waals surface area contributed by atoms with Gasteiger partial charge in [0.05, 0.1) is 0 Å². The van der Waals surface area contributed by atoms with Gasteiger partial charge in [-0.2, -0.15) is 0 Å². The fourth-order valence-corrected chi connectivity index (χ4v) is 0.383. The van der Waals surface area contributed by atoms with Crippen molar-refractivity contribution in [2.75, 3.05) is 0 Å². The summed E-state index contributed by atoms with van der Waals surface area (Å²) >= 11 is 0. The molecule has 0 amide bonds. The molecular formula is C4H4N2O2. The highest BCUT2D eigenvalue weighted by Gasteiger charge is 1.77. The van der Waals surface area contributed by atoms with E-state index in [-0.39, 0.29) is 5.56 Å². The Morgan fingerprint density at radius 2 is 2.12 bits per heavy atom. The van der Waals surface area contributed by atoms with Crippen LogP contribution in [0.4, 0.5) is 0 Å². The van der Waals surface area contributed by atoms with E-state index in [1.54, 1.807) is 0 Å². The zero-order valence-electron chi connectivity index (χ0n) is 3.97. The van der Waals surface area contributed by atoms with Crippen molar-refractivity contribution in [1.29, 1.82) is 0 Å². The van der Waals surface area contributed by atoms with Crippen LogP contribution in [0.3, 0.4) is 0 Å². The molecular weight excluding hydrogens is 110 g/mol. The van der Waals surface area contributed by atoms with Gasteiger partial charge in [0.15, 0.2) is 0 Å². The van der Waals surface area contributed by atoms with Crippen molar-refractivity contribution in [1.82, 2.24) is 9.97 Å². The first-order chi connectivity index (χ1) is 3.79. The van der Waals surface area contributed by atoms with Gasteiger partial charge in [0.1, 0.15) is 0 Å². The summed E-state index contributed by atoms with van der Waals surface area (Å²) in [5.74, 6) is 0. The van der Waals surface area contributed by atoms with Crippen molar-refractivity contribution in [3.63, 3.8) is 0 Å². The smallest absolute Gasteiger partial charge is 0.314 e. The van der Waals surface area contributed by atoms with Crippen molar-refractivity contribution in [3.05, 3.63) is 33.1 Å². The lowest BCUT2D eigenvalue weighted by molar-refractivity contribution is 1.04. The van der Waals surface area contributed by atoms with E-state index in [2.05, 4.69) is 4.98 Å². The van der Waals surface area contributed by atoms with Crippen molar-refractivity contribution in [2.24, 2.45) is 0 Å². The van der Waals surface area contributed by atoms with Crippen molar-refractivity contribution in [3.8, 4) is 0 Å². The number of nitrogens with one attached hydrogen (secondary N) is 2. The molecule has 2 N–H and O–H groups in total. The van der Waals surface area contributed by atoms with Crippen molar-refractivity contribution in [2.45, 2.75) is 0 Å². The number of H-pyrrole nitrogens is 2. The van der Waals surface area contributed by atoms with E-state index in [1.807, 2.05) is 4.98 Å². The monoisotopic (exact) mass is 114 g/mol. The number of hydrogen-bond acceptors (Lipinski definition) is 2. The first-order valence-electron chi connectivity index (χ1n) is 2.07. The van der Waals surface area contributed by atoms with Crippen LogP contribution in [-0.2, 0) is 0 Å². The van der Waals surface area contributed by atoms with Crippen LogP contribution in [0, 0.1) is 0 Å². The van der Waals surface area contributed by atoms with E-state index in [0.29, 0.717) is 0 Å². The molecule has 4 nitrogen and oxygen atoms in total. The average Bonchev–Trinajstić information content (AvgIpc) is 1.64. The predicted molar refractivity (Wildman–Crippen MR) is 27.7 cm³/mol. The molecule has 4 heteroatoms. The topological polar surface area (TPSA) is 65.7 Å². The molecule has 0 aliphatic rings. The summed E-state index contributed by atoms with van der Waals surface area (Å²) in [6, 6.07) is 1.24. The first kappa shape index (κ1) is 4.83. The molecule has 0 radical (unpaired) electrons. The second-order valence-corrected chi connectivity index (χ2v) is 1.30. The number of aromatic nitrogens is 2. The Morgan fingerprint density at radius 1 is 1.38 bits per heavy atom. The molecule has 0 aliphatic heterocycles. The Labute approximate surface area is 44.2 Å². The minimum atomic E-state index is -0.475. The molecule has 8 heavy (non-hydrogen) atoms. The highest BCUT2D eigenvalue weighted by atomic mass is 17.1. The Hall–Kier alpha value is -1.32. The maximum absolute atomic E-state index is 10.2. The summed E-state index contributed by atoms with van der Waals surface area (Å²) in [6.45, 7) is 0. The van der Waals surface area contributed by atoms with E-state index in [0.717, 1.165) is 0 Å². The van der Waals surface area contributed by atoms with Gasteiger partial charge in [-0.25, -0.2) is 4.79 Å². The standard InChI is InChI=1S/C4H4N2O2/c7-3-1-2-5-4(8)6-3/h1-2H,(H2,5,6,7,8)/i7+1,8+1. The Morgan fingerprint density at radius 3 is 2.50 bits per heavy atom. The van der Waals surface area contributed by atoms with E-state index in [1.165, 1.54) is 12.3 Å². The molecule has 1 rings (SSSR count). The van der Waals surface area contributed by atoms with Gasteiger partial charge in [-0.1, -0.05) is 0 Å². The third-order valence-electron chi connectivity index (χ3n) is 0.686. The van der Waals surface area contributed by atoms with E-state index < -0.39 is 5.69 Å². The lowest BCUT2D eigenvalue weighted by Crippen LogP contribution is -2.19. The third-order valence-corrected chi connectivity index (χ3v) is 0.686. The molecule has 0 aromatic carbocycles. The number of hydrogen-bond donors (Lipinski definition) is 2. The summed E-state index contributed by atoms with van der Waals surface area (Å²) in [5.41, 5.74) is -0.855. The van der Waals surface area contributed by atoms with Gasteiger partial charge in [-0.15, -0.1) is 0 Å². The summed E-state index contributed by atoms with van der Waals surface area (Å²) in [7, 11) is 0. The van der Waals surface area contributed by atoms with Crippen LogP contribution < -0.4 is 11.2 Å². The Kier molecular flexibility index (Phi) is 0.997. The fraction of sp³-hybridized carbons (Fsp3) is 0. The molecule has 1 aromatic rings. The Balaban J connectivity index is 3.50. The quantitative estimate of drug-likeness (QED) is 0.457. The minimum absolute atomic E-state index is 0.381. The molecule has 42 valence electrons. The van der Waals surface area contributed by atoms with Crippen molar-refractivity contribution >= 4 is 0 Å². The van der Waals surface area contributed by atoms with Crippen LogP contribution in [0.5, 0.6) is 0 Å². The molecule has 0 fully saturated rings. The fourth-order valence-electron chi connectivity index (χ4n) is 0.383. The maximum Gasteiger partial charge on any atom is 0.325 e. The molecule has 1 heterocycles. The van der Waals surface area contributed by atoms with Crippen LogP contribution >= 0.6 is 0 Å². The lowest BCUT2D eigenvalue weighted by Gasteiger charge is -1.75. The molecule has 0 bridgehead atoms. The van der Waals surface area contributed by atoms with Crippen LogP contribution in [-0.4, -0.2) is 9.97 Å². The first-order valence-corrected chi connectivity index (χ1v) is 2.07. The van der Waals surface area contributed by atoms with Gasteiger partial charge in [-0.05, 0) is 0 Å². The van der Waals surface area contributed by atoms with E-state index in [4.69, 9.17) is 0 Å². The second kappa shape index (κ2) is 1.65. The maximum atomic E-state index is 10.2. The average molecular weight is 114 g/mol. The molecule has 0 saturated carbocycles. The van der Waals surface area contributed by atoms with Gasteiger partial charge < -0.3 is 4.98 Å². The summed E-state index contributed by atoms with van der Waals surface area (Å²) in [5, 5.41) is 0. The third kappa shape index (κ3) is 0.841. The molecule has 0 atom stereocenters. The second-order valence-electron chi connectivity index (χ2n) is 1.30. The largest absolute Gasteiger partial charge is 0.325 e. The predicted octanol–water partition coefficient (Wildman–Crippen LogP) is -0.937. The van der Waals surface area contributed by atoms with Crippen LogP contribution in [0.25, 0.3) is 0 Å². The van der Waals surface area contributed by atoms with Gasteiger partial charge in [0, 0.05) is 12.3 Å². The SMILES string of the molecule is [17O]=c1cc[nH]c(=[17O])[nH]1. The molecule has 0 saturated heterocycles. The van der Waals surface area contributed by atoms with Crippen LogP contribution in [0.2, 0.25) is 0 Å². The zero-order chi connectivity index (χ0) is 5.98. The minimum Gasteiger partial charge on any atom is -0.314 e. The molecule has 0 spiro atoms. The van der Waals surface area contributed by atoms with Gasteiger partial charge in [-0.3, -0.25) is 9.78 Å². The summed E-state index contributed by atoms with van der Waals surface area (Å²) < 4.78 is 0. The number of aromatic amines is 2. The zero-order valence-corrected chi connectivity index (χ0v) is 3.97. The van der Waals surface area contributed by atoms with Gasteiger partial charge in [0.25, 0.3) is 5.56 Å². The van der Waals surface area contributed by atoms with E-state index >= 15 is 0 Å². The molecule has 0 unspecified atom stereocenters. The summed E-state index contributed by atoms with van der Waals surface area (Å²) in [4.78, 5) is 24.7. The van der Waals surface area contributed by atoms with Gasteiger partial charge in [0.2, 0.25) is 0 Å². The van der Waals surface area contributed by atoms with Crippen molar-refractivity contribution < 1.29 is 0 Å². The van der Waals surface area contributed by atoms with E-state index in [9.17, 15) is 9.59 Å². The molecule has 1 aromatic heterocycles. The summed E-state index contributed by atoms with van der Waals surface area (Å²) in [6.07, 6.45) is 1.29. The Bertz CT molecular complexity index is 246. The van der Waals surface area contributed by atoms with Crippen LogP contribution in [0.1, 0.15) is 0 Å². The highest BCUT2D eigenvalue weighted by Crippen LogP contribution is 1.51. The number of rotatable bonds is 0.